The number of halogens is 3. The van der Waals surface area contributed by atoms with Crippen molar-refractivity contribution >= 4 is 0 Å². The van der Waals surface area contributed by atoms with E-state index in [0.717, 1.165) is 17.2 Å². The third-order valence-electron chi connectivity index (χ3n) is 3.62. The van der Waals surface area contributed by atoms with Crippen molar-refractivity contribution in [2.45, 2.75) is 13.1 Å². The topological polar surface area (TPSA) is 30.7 Å². The van der Waals surface area contributed by atoms with Crippen LogP contribution in [0.1, 0.15) is 11.1 Å². The zero-order valence-electron chi connectivity index (χ0n) is 12.6. The summed E-state index contributed by atoms with van der Waals surface area (Å²) < 4.78 is 41.0. The summed E-state index contributed by atoms with van der Waals surface area (Å²) in [6.07, 6.45) is -4.45. The minimum Gasteiger partial charge on any atom is -0.248 e. The zero-order chi connectivity index (χ0) is 16.6. The Morgan fingerprint density at radius 3 is 2.17 bits per heavy atom. The van der Waals surface area contributed by atoms with Gasteiger partial charge in [-0.05, 0) is 18.6 Å². The Morgan fingerprint density at radius 1 is 0.913 bits per heavy atom. The fourth-order valence-corrected chi connectivity index (χ4v) is 2.48. The summed E-state index contributed by atoms with van der Waals surface area (Å²) in [6.45, 7) is 1.92. The molecule has 0 spiro atoms. The Morgan fingerprint density at radius 2 is 1.52 bits per heavy atom. The molecule has 0 aliphatic carbocycles. The highest BCUT2D eigenvalue weighted by Gasteiger charge is 2.34. The van der Waals surface area contributed by atoms with Crippen LogP contribution in [-0.4, -0.2) is 14.8 Å². The fourth-order valence-electron chi connectivity index (χ4n) is 2.48. The lowest BCUT2D eigenvalue weighted by atomic mass is 10.1. The molecule has 1 aromatic heterocycles. The largest absolute Gasteiger partial charge is 0.417 e. The van der Waals surface area contributed by atoms with E-state index < -0.39 is 11.7 Å². The van der Waals surface area contributed by atoms with E-state index in [2.05, 4.69) is 10.1 Å². The number of hydrogen-bond donors (Lipinski definition) is 0. The second kappa shape index (κ2) is 5.53. The van der Waals surface area contributed by atoms with Crippen LogP contribution in [-0.2, 0) is 13.2 Å². The van der Waals surface area contributed by atoms with Crippen LogP contribution in [0.2, 0.25) is 0 Å². The van der Waals surface area contributed by atoms with Gasteiger partial charge < -0.3 is 0 Å². The van der Waals surface area contributed by atoms with Crippen LogP contribution in [0, 0.1) is 6.92 Å². The lowest BCUT2D eigenvalue weighted by Crippen LogP contribution is -2.07. The molecule has 23 heavy (non-hydrogen) atoms. The van der Waals surface area contributed by atoms with E-state index >= 15 is 0 Å². The van der Waals surface area contributed by atoms with Gasteiger partial charge in [0.1, 0.15) is 0 Å². The molecule has 0 saturated carbocycles. The first-order valence-electron chi connectivity index (χ1n) is 7.01. The molecule has 6 heteroatoms. The van der Waals surface area contributed by atoms with Crippen molar-refractivity contribution in [2.24, 2.45) is 7.05 Å². The van der Waals surface area contributed by atoms with Crippen LogP contribution in [0.15, 0.2) is 48.5 Å². The number of aromatic nitrogens is 3. The molecule has 3 aromatic rings. The van der Waals surface area contributed by atoms with Crippen LogP contribution in [0.3, 0.4) is 0 Å². The number of alkyl halides is 3. The van der Waals surface area contributed by atoms with Gasteiger partial charge in [0.05, 0.1) is 5.56 Å². The van der Waals surface area contributed by atoms with Gasteiger partial charge in [-0.3, -0.25) is 0 Å². The van der Waals surface area contributed by atoms with Crippen LogP contribution in [0.25, 0.3) is 22.8 Å². The summed E-state index contributed by atoms with van der Waals surface area (Å²) in [5, 5.41) is 4.18. The SMILES string of the molecule is Cc1ccccc1-c1nc(-c2ccccc2C(F)(F)F)nn1C. The van der Waals surface area contributed by atoms with Gasteiger partial charge in [-0.1, -0.05) is 42.5 Å². The molecule has 3 nitrogen and oxygen atoms in total. The van der Waals surface area contributed by atoms with E-state index in [9.17, 15) is 13.2 Å². The summed E-state index contributed by atoms with van der Waals surface area (Å²) in [6, 6.07) is 12.9. The molecule has 0 aliphatic rings. The molecule has 0 fully saturated rings. The maximum absolute atomic E-state index is 13.2. The predicted octanol–water partition coefficient (Wildman–Crippen LogP) is 4.48. The number of aryl methyl sites for hydroxylation is 2. The zero-order valence-corrected chi connectivity index (χ0v) is 12.6. The van der Waals surface area contributed by atoms with Crippen molar-refractivity contribution in [1.29, 1.82) is 0 Å². The lowest BCUT2D eigenvalue weighted by Gasteiger charge is -2.09. The number of hydrogen-bond acceptors (Lipinski definition) is 2. The summed E-state index contributed by atoms with van der Waals surface area (Å²) in [5.74, 6) is 0.605. The highest BCUT2D eigenvalue weighted by atomic mass is 19.4. The standard InChI is InChI=1S/C17H14F3N3/c1-11-7-3-4-8-12(11)16-21-15(22-23(16)2)13-9-5-6-10-14(13)17(18,19)20/h3-10H,1-2H3. The van der Waals surface area contributed by atoms with Gasteiger partial charge in [-0.15, -0.1) is 0 Å². The molecular formula is C17H14F3N3. The molecule has 0 aliphatic heterocycles. The molecule has 3 rings (SSSR count). The third kappa shape index (κ3) is 2.84. The van der Waals surface area contributed by atoms with Gasteiger partial charge in [0.2, 0.25) is 0 Å². The van der Waals surface area contributed by atoms with Crippen molar-refractivity contribution in [3.8, 4) is 22.8 Å². The number of benzene rings is 2. The fraction of sp³-hybridized carbons (Fsp3) is 0.176. The Labute approximate surface area is 131 Å². The maximum atomic E-state index is 13.2. The molecule has 0 bridgehead atoms. The second-order valence-corrected chi connectivity index (χ2v) is 5.24. The van der Waals surface area contributed by atoms with E-state index in [-0.39, 0.29) is 11.4 Å². The van der Waals surface area contributed by atoms with E-state index in [0.29, 0.717) is 5.82 Å². The molecule has 0 radical (unpaired) electrons. The van der Waals surface area contributed by atoms with Gasteiger partial charge in [-0.25, -0.2) is 9.67 Å². The van der Waals surface area contributed by atoms with E-state index in [4.69, 9.17) is 0 Å². The van der Waals surface area contributed by atoms with E-state index in [1.807, 2.05) is 31.2 Å². The van der Waals surface area contributed by atoms with Crippen LogP contribution >= 0.6 is 0 Å². The van der Waals surface area contributed by atoms with E-state index in [1.165, 1.54) is 16.8 Å². The maximum Gasteiger partial charge on any atom is 0.417 e. The molecule has 1 heterocycles. The van der Waals surface area contributed by atoms with Crippen molar-refractivity contribution in [3.63, 3.8) is 0 Å². The Bertz CT molecular complexity index is 850. The van der Waals surface area contributed by atoms with Crippen molar-refractivity contribution in [1.82, 2.24) is 14.8 Å². The average molecular weight is 317 g/mol. The number of nitrogens with zero attached hydrogens (tertiary/aromatic N) is 3. The quantitative estimate of drug-likeness (QED) is 0.698. The normalized spacial score (nSPS) is 11.7. The number of rotatable bonds is 2. The molecular weight excluding hydrogens is 303 g/mol. The van der Waals surface area contributed by atoms with Crippen LogP contribution < -0.4 is 0 Å². The van der Waals surface area contributed by atoms with Gasteiger partial charge >= 0.3 is 6.18 Å². The first-order valence-corrected chi connectivity index (χ1v) is 7.01. The van der Waals surface area contributed by atoms with Crippen molar-refractivity contribution < 1.29 is 13.2 Å². The molecule has 0 amide bonds. The first-order chi connectivity index (χ1) is 10.9. The Hall–Kier alpha value is -2.63. The first kappa shape index (κ1) is 15.3. The minimum absolute atomic E-state index is 0.0181. The average Bonchev–Trinajstić information content (AvgIpc) is 2.89. The summed E-state index contributed by atoms with van der Waals surface area (Å²) in [5.41, 5.74) is 1.08. The molecule has 0 unspecified atom stereocenters. The van der Waals surface area contributed by atoms with Gasteiger partial charge in [0.25, 0.3) is 0 Å². The molecule has 0 saturated heterocycles. The van der Waals surface area contributed by atoms with Crippen molar-refractivity contribution in [2.75, 3.05) is 0 Å². The molecule has 0 atom stereocenters. The summed E-state index contributed by atoms with van der Waals surface area (Å²) in [4.78, 5) is 4.34. The lowest BCUT2D eigenvalue weighted by molar-refractivity contribution is -0.137. The monoisotopic (exact) mass is 317 g/mol. The van der Waals surface area contributed by atoms with E-state index in [1.54, 1.807) is 13.1 Å². The van der Waals surface area contributed by atoms with Crippen molar-refractivity contribution in [3.05, 3.63) is 59.7 Å². The smallest absolute Gasteiger partial charge is 0.248 e. The molecule has 118 valence electrons. The van der Waals surface area contributed by atoms with Gasteiger partial charge in [0, 0.05) is 18.2 Å². The molecule has 2 aromatic carbocycles. The Kier molecular flexibility index (Phi) is 3.67. The highest BCUT2D eigenvalue weighted by Crippen LogP contribution is 2.36. The minimum atomic E-state index is -4.45. The van der Waals surface area contributed by atoms with Crippen LogP contribution in [0.5, 0.6) is 0 Å². The Balaban J connectivity index is 2.15. The second-order valence-electron chi connectivity index (χ2n) is 5.24. The molecule has 0 N–H and O–H groups in total. The van der Waals surface area contributed by atoms with Gasteiger partial charge in [0.15, 0.2) is 11.6 Å². The summed E-state index contributed by atoms with van der Waals surface area (Å²) in [7, 11) is 1.68. The third-order valence-corrected chi connectivity index (χ3v) is 3.62. The predicted molar refractivity (Wildman–Crippen MR) is 81.6 cm³/mol. The summed E-state index contributed by atoms with van der Waals surface area (Å²) >= 11 is 0. The van der Waals surface area contributed by atoms with Crippen LogP contribution in [0.4, 0.5) is 13.2 Å². The highest BCUT2D eigenvalue weighted by molar-refractivity contribution is 5.66. The van der Waals surface area contributed by atoms with Gasteiger partial charge in [-0.2, -0.15) is 18.3 Å².